The lowest BCUT2D eigenvalue weighted by Gasteiger charge is -2.08. The molecule has 0 radical (unpaired) electrons. The summed E-state index contributed by atoms with van der Waals surface area (Å²) in [5.41, 5.74) is 5.13. The molecule has 0 bridgehead atoms. The van der Waals surface area contributed by atoms with E-state index in [2.05, 4.69) is 45.2 Å². The average Bonchev–Trinajstić information content (AvgIpc) is 2.76. The van der Waals surface area contributed by atoms with Crippen LogP contribution in [-0.2, 0) is 4.79 Å². The van der Waals surface area contributed by atoms with Crippen molar-refractivity contribution in [1.29, 1.82) is 0 Å². The van der Waals surface area contributed by atoms with Crippen LogP contribution in [-0.4, -0.2) is 18.5 Å². The predicted octanol–water partition coefficient (Wildman–Crippen LogP) is 8.85. The van der Waals surface area contributed by atoms with Crippen LogP contribution in [0, 0.1) is 0 Å². The molecule has 3 nitrogen and oxygen atoms in total. The molecule has 0 saturated heterocycles. The van der Waals surface area contributed by atoms with Gasteiger partial charge in [-0.15, -0.1) is 0 Å². The summed E-state index contributed by atoms with van der Waals surface area (Å²) in [4.78, 5) is 10.6. The first-order valence-electron chi connectivity index (χ1n) is 14.2. The summed E-state index contributed by atoms with van der Waals surface area (Å²) >= 11 is 0. The summed E-state index contributed by atoms with van der Waals surface area (Å²) in [5.74, 6) is -0.156. The summed E-state index contributed by atoms with van der Waals surface area (Å²) in [6.07, 6.45) is 30.4. The van der Waals surface area contributed by atoms with Gasteiger partial charge in [-0.25, -0.2) is 0 Å². The van der Waals surface area contributed by atoms with Gasteiger partial charge in [0.15, 0.2) is 0 Å². The number of hydrogen-bond donors (Lipinski definition) is 2. The van der Waals surface area contributed by atoms with E-state index in [1.165, 1.54) is 109 Å². The van der Waals surface area contributed by atoms with E-state index in [0.29, 0.717) is 12.5 Å². The molecule has 0 saturated carbocycles. The maximum Gasteiger partial charge on any atom is 0.217 e. The van der Waals surface area contributed by atoms with Crippen molar-refractivity contribution >= 4 is 5.91 Å². The van der Waals surface area contributed by atoms with Crippen LogP contribution in [0.5, 0.6) is 0 Å². The topological polar surface area (TPSA) is 55.1 Å². The number of allylic oxidation sites excluding steroid dienone is 2. The first-order chi connectivity index (χ1) is 15.6. The van der Waals surface area contributed by atoms with Crippen LogP contribution in [0.25, 0.3) is 0 Å². The highest BCUT2D eigenvalue weighted by molar-refractivity contribution is 5.73. The van der Waals surface area contributed by atoms with Crippen molar-refractivity contribution in [1.82, 2.24) is 5.32 Å². The van der Waals surface area contributed by atoms with Gasteiger partial charge in [0.25, 0.3) is 0 Å². The molecule has 0 aromatic carbocycles. The zero-order valence-corrected chi connectivity index (χ0v) is 22.6. The van der Waals surface area contributed by atoms with Crippen LogP contribution in [0.4, 0.5) is 0 Å². The van der Waals surface area contributed by atoms with Crippen molar-refractivity contribution in [3.05, 3.63) is 12.2 Å². The minimum absolute atomic E-state index is 0.156. The minimum Gasteiger partial charge on any atom is -0.370 e. The zero-order chi connectivity index (χ0) is 24.1. The lowest BCUT2D eigenvalue weighted by Crippen LogP contribution is -2.24. The monoisotopic (exact) mass is 452 g/mol. The SMILES string of the molecule is CCCC(C)NCC.CCCCCCCC/C=C\CCCCCCCCCCCC(N)=O. The second kappa shape index (κ2) is 30.2. The minimum atomic E-state index is -0.156. The van der Waals surface area contributed by atoms with E-state index in [1.54, 1.807) is 0 Å². The van der Waals surface area contributed by atoms with Crippen LogP contribution in [0.1, 0.15) is 156 Å². The van der Waals surface area contributed by atoms with Gasteiger partial charge in [0.2, 0.25) is 5.91 Å². The summed E-state index contributed by atoms with van der Waals surface area (Å²) in [7, 11) is 0. The molecule has 0 aromatic rings. The number of rotatable bonds is 23. The van der Waals surface area contributed by atoms with Gasteiger partial charge < -0.3 is 11.1 Å². The molecule has 3 N–H and O–H groups in total. The summed E-state index contributed by atoms with van der Waals surface area (Å²) in [6, 6.07) is 0.713. The van der Waals surface area contributed by atoms with Crippen LogP contribution in [0.3, 0.4) is 0 Å². The lowest BCUT2D eigenvalue weighted by molar-refractivity contribution is -0.118. The normalized spacial score (nSPS) is 12.0. The second-order valence-corrected chi connectivity index (χ2v) is 9.46. The number of hydrogen-bond acceptors (Lipinski definition) is 2. The standard InChI is InChI=1S/C22H43NO.C7H17N/c1-2-3-4-5-6-7-8-9-10-11-12-13-14-15-16-17-18-19-20-21-22(23)24;1-4-6-7(3)8-5-2/h9-10H,2-8,11-21H2,1H3,(H2,23,24);7-8H,4-6H2,1-3H3/b10-9-;. The molecule has 1 amide bonds. The Morgan fingerprint density at radius 1 is 0.688 bits per heavy atom. The van der Waals surface area contributed by atoms with Gasteiger partial charge in [-0.3, -0.25) is 4.79 Å². The molecule has 0 rings (SSSR count). The summed E-state index contributed by atoms with van der Waals surface area (Å²) in [5, 5.41) is 3.35. The Kier molecular flexibility index (Phi) is 31.4. The number of nitrogens with two attached hydrogens (primary N) is 1. The average molecular weight is 453 g/mol. The molecule has 0 heterocycles. The van der Waals surface area contributed by atoms with Crippen LogP contribution < -0.4 is 11.1 Å². The Morgan fingerprint density at radius 2 is 1.12 bits per heavy atom. The lowest BCUT2D eigenvalue weighted by atomic mass is 10.1. The molecule has 0 fully saturated rings. The van der Waals surface area contributed by atoms with Gasteiger partial charge in [-0.05, 0) is 52.0 Å². The Hall–Kier alpha value is -0.830. The highest BCUT2D eigenvalue weighted by atomic mass is 16.1. The van der Waals surface area contributed by atoms with Gasteiger partial charge in [-0.1, -0.05) is 116 Å². The first-order valence-corrected chi connectivity index (χ1v) is 14.2. The molecule has 0 aromatic heterocycles. The number of primary amides is 1. The van der Waals surface area contributed by atoms with E-state index >= 15 is 0 Å². The van der Waals surface area contributed by atoms with E-state index in [-0.39, 0.29) is 5.91 Å². The molecule has 0 aliphatic rings. The van der Waals surface area contributed by atoms with Crippen molar-refractivity contribution in [2.45, 2.75) is 162 Å². The number of carbonyl (C=O) groups excluding carboxylic acids is 1. The third kappa shape index (κ3) is 33.8. The Bertz CT molecular complexity index is 375. The molecule has 192 valence electrons. The predicted molar refractivity (Wildman–Crippen MR) is 145 cm³/mol. The van der Waals surface area contributed by atoms with Crippen LogP contribution in [0.15, 0.2) is 12.2 Å². The van der Waals surface area contributed by atoms with Crippen LogP contribution in [0.2, 0.25) is 0 Å². The van der Waals surface area contributed by atoms with Crippen LogP contribution >= 0.6 is 0 Å². The Labute approximate surface area is 202 Å². The van der Waals surface area contributed by atoms with Crippen molar-refractivity contribution in [2.75, 3.05) is 6.54 Å². The third-order valence-electron chi connectivity index (χ3n) is 5.96. The summed E-state index contributed by atoms with van der Waals surface area (Å²) in [6.45, 7) is 9.96. The fraction of sp³-hybridized carbons (Fsp3) is 0.897. The van der Waals surface area contributed by atoms with Crippen molar-refractivity contribution in [3.63, 3.8) is 0 Å². The highest BCUT2D eigenvalue weighted by Gasteiger charge is 1.96. The van der Waals surface area contributed by atoms with E-state index in [9.17, 15) is 4.79 Å². The van der Waals surface area contributed by atoms with Crippen molar-refractivity contribution < 1.29 is 4.79 Å². The number of unbranched alkanes of at least 4 members (excludes halogenated alkanes) is 15. The maximum absolute atomic E-state index is 10.6. The van der Waals surface area contributed by atoms with Crippen molar-refractivity contribution in [2.24, 2.45) is 5.73 Å². The van der Waals surface area contributed by atoms with Gasteiger partial charge in [0.1, 0.15) is 0 Å². The third-order valence-corrected chi connectivity index (χ3v) is 5.96. The smallest absolute Gasteiger partial charge is 0.217 e. The molecule has 0 spiro atoms. The van der Waals surface area contributed by atoms with E-state index in [4.69, 9.17) is 5.73 Å². The second-order valence-electron chi connectivity index (χ2n) is 9.46. The van der Waals surface area contributed by atoms with Gasteiger partial charge >= 0.3 is 0 Å². The molecule has 0 aliphatic carbocycles. The number of amides is 1. The van der Waals surface area contributed by atoms with Crippen molar-refractivity contribution in [3.8, 4) is 0 Å². The molecular weight excluding hydrogens is 392 g/mol. The maximum atomic E-state index is 10.6. The molecule has 1 atom stereocenters. The van der Waals surface area contributed by atoms with E-state index in [1.807, 2.05) is 0 Å². The largest absolute Gasteiger partial charge is 0.370 e. The van der Waals surface area contributed by atoms with Gasteiger partial charge in [0, 0.05) is 12.5 Å². The summed E-state index contributed by atoms with van der Waals surface area (Å²) < 4.78 is 0. The Balaban J connectivity index is 0. The van der Waals surface area contributed by atoms with E-state index < -0.39 is 0 Å². The first kappa shape index (κ1) is 33.3. The number of carbonyl (C=O) groups is 1. The highest BCUT2D eigenvalue weighted by Crippen LogP contribution is 2.12. The quantitative estimate of drug-likeness (QED) is 0.120. The number of nitrogens with one attached hydrogen (secondary N) is 1. The van der Waals surface area contributed by atoms with E-state index in [0.717, 1.165) is 19.4 Å². The molecule has 3 heteroatoms. The molecule has 32 heavy (non-hydrogen) atoms. The molecule has 0 aliphatic heterocycles. The van der Waals surface area contributed by atoms with Gasteiger partial charge in [-0.2, -0.15) is 0 Å². The van der Waals surface area contributed by atoms with Gasteiger partial charge in [0.05, 0.1) is 0 Å². The molecular formula is C29H60N2O. The fourth-order valence-corrected chi connectivity index (χ4v) is 3.96. The molecule has 1 unspecified atom stereocenters. The fourth-order valence-electron chi connectivity index (χ4n) is 3.96. The Morgan fingerprint density at radius 3 is 1.53 bits per heavy atom. The zero-order valence-electron chi connectivity index (χ0n) is 22.6.